The summed E-state index contributed by atoms with van der Waals surface area (Å²) in [7, 11) is 0. The maximum absolute atomic E-state index is 2.41. The Labute approximate surface area is 193 Å². The highest BCUT2D eigenvalue weighted by atomic mass is 14.0. The largest absolute Gasteiger partial charge is 0.0885 e. The van der Waals surface area contributed by atoms with E-state index in [9.17, 15) is 0 Å². The summed E-state index contributed by atoms with van der Waals surface area (Å²) in [6.07, 6.45) is 30.0. The molecule has 0 bridgehead atoms. The molecule has 0 amide bonds. The first-order valence-corrected chi connectivity index (χ1v) is 13.5. The molecule has 2 aromatic carbocycles. The van der Waals surface area contributed by atoms with Crippen LogP contribution >= 0.6 is 0 Å². The van der Waals surface area contributed by atoms with Crippen LogP contribution in [0.15, 0.2) is 54.6 Å². The summed E-state index contributed by atoms with van der Waals surface area (Å²) in [6.45, 7) is 2.30. The van der Waals surface area contributed by atoms with Crippen LogP contribution in [0.3, 0.4) is 0 Å². The molecule has 0 unspecified atom stereocenters. The molecule has 0 spiro atoms. The van der Waals surface area contributed by atoms with E-state index in [2.05, 4.69) is 61.5 Å². The summed E-state index contributed by atoms with van der Waals surface area (Å²) in [5.41, 5.74) is 1.45. The van der Waals surface area contributed by atoms with Crippen LogP contribution in [0, 0.1) is 0 Å². The molecule has 172 valence electrons. The van der Waals surface area contributed by atoms with Crippen molar-refractivity contribution in [2.75, 3.05) is 0 Å². The van der Waals surface area contributed by atoms with Crippen LogP contribution in [-0.2, 0) is 6.42 Å². The topological polar surface area (TPSA) is 0 Å². The molecule has 0 heterocycles. The molecule has 0 saturated carbocycles. The van der Waals surface area contributed by atoms with Crippen molar-refractivity contribution in [1.29, 1.82) is 0 Å². The van der Waals surface area contributed by atoms with Gasteiger partial charge in [0.1, 0.15) is 0 Å². The predicted molar refractivity (Wildman–Crippen MR) is 141 cm³/mol. The Morgan fingerprint density at radius 1 is 0.516 bits per heavy atom. The molecular formula is C31H48. The first-order chi connectivity index (χ1) is 15.4. The Kier molecular flexibility index (Phi) is 15.0. The Hall–Kier alpha value is -1.56. The summed E-state index contributed by atoms with van der Waals surface area (Å²) in [6, 6.07) is 15.5. The second kappa shape index (κ2) is 18.1. The highest BCUT2D eigenvalue weighted by molar-refractivity contribution is 5.82. The van der Waals surface area contributed by atoms with E-state index in [1.807, 2.05) is 0 Å². The first-order valence-electron chi connectivity index (χ1n) is 13.5. The third kappa shape index (κ3) is 12.8. The van der Waals surface area contributed by atoms with Gasteiger partial charge in [-0.2, -0.15) is 0 Å². The van der Waals surface area contributed by atoms with E-state index < -0.39 is 0 Å². The van der Waals surface area contributed by atoms with Crippen molar-refractivity contribution in [3.05, 3.63) is 60.2 Å². The number of fused-ring (bicyclic) bond motifs is 1. The highest BCUT2D eigenvalue weighted by Crippen LogP contribution is 2.17. The zero-order valence-electron chi connectivity index (χ0n) is 20.4. The Bertz CT molecular complexity index is 696. The zero-order chi connectivity index (χ0) is 21.8. The number of allylic oxidation sites excluding steroid dienone is 2. The lowest BCUT2D eigenvalue weighted by molar-refractivity contribution is 0.533. The molecule has 0 fully saturated rings. The first kappa shape index (κ1) is 25.7. The van der Waals surface area contributed by atoms with Crippen molar-refractivity contribution >= 4 is 10.8 Å². The van der Waals surface area contributed by atoms with Crippen LogP contribution in [-0.4, -0.2) is 0 Å². The Morgan fingerprint density at radius 2 is 1.03 bits per heavy atom. The van der Waals surface area contributed by atoms with Gasteiger partial charge in [-0.3, -0.25) is 0 Å². The zero-order valence-corrected chi connectivity index (χ0v) is 20.4. The number of rotatable bonds is 19. The minimum absolute atomic E-state index is 1.15. The lowest BCUT2D eigenvalue weighted by Crippen LogP contribution is -1.84. The molecule has 0 atom stereocenters. The van der Waals surface area contributed by atoms with Gasteiger partial charge in [-0.05, 0) is 42.0 Å². The molecule has 0 nitrogen and oxygen atoms in total. The van der Waals surface area contributed by atoms with Gasteiger partial charge in [0.05, 0.1) is 0 Å². The monoisotopic (exact) mass is 420 g/mol. The molecule has 0 N–H and O–H groups in total. The van der Waals surface area contributed by atoms with Crippen LogP contribution < -0.4 is 0 Å². The lowest BCUT2D eigenvalue weighted by Gasteiger charge is -2.03. The number of unbranched alkanes of at least 4 members (excludes halogenated alkanes) is 15. The van der Waals surface area contributed by atoms with Gasteiger partial charge >= 0.3 is 0 Å². The maximum Gasteiger partial charge on any atom is -0.0181 e. The quantitative estimate of drug-likeness (QED) is 0.156. The van der Waals surface area contributed by atoms with E-state index in [1.165, 1.54) is 119 Å². The van der Waals surface area contributed by atoms with Crippen molar-refractivity contribution in [1.82, 2.24) is 0 Å². The molecule has 0 aromatic heterocycles. The van der Waals surface area contributed by atoms with Crippen LogP contribution in [0.4, 0.5) is 0 Å². The van der Waals surface area contributed by atoms with Gasteiger partial charge in [0.25, 0.3) is 0 Å². The van der Waals surface area contributed by atoms with E-state index >= 15 is 0 Å². The van der Waals surface area contributed by atoms with Gasteiger partial charge in [-0.1, -0.05) is 151 Å². The average molecular weight is 421 g/mol. The summed E-state index contributed by atoms with van der Waals surface area (Å²) < 4.78 is 0. The molecule has 0 aliphatic heterocycles. The molecule has 2 aromatic rings. The fraction of sp³-hybridized carbons (Fsp3) is 0.613. The van der Waals surface area contributed by atoms with E-state index in [-0.39, 0.29) is 0 Å². The average Bonchev–Trinajstić information content (AvgIpc) is 2.80. The minimum atomic E-state index is 1.15. The molecule has 0 aliphatic rings. The second-order valence-corrected chi connectivity index (χ2v) is 9.43. The van der Waals surface area contributed by atoms with Gasteiger partial charge in [0, 0.05) is 0 Å². The lowest BCUT2D eigenvalue weighted by atomic mass is 10.0. The molecule has 0 saturated heterocycles. The number of benzene rings is 2. The fourth-order valence-corrected chi connectivity index (χ4v) is 4.51. The van der Waals surface area contributed by atoms with E-state index in [0.29, 0.717) is 0 Å². The number of hydrogen-bond donors (Lipinski definition) is 0. The van der Waals surface area contributed by atoms with E-state index in [0.717, 1.165) is 12.8 Å². The van der Waals surface area contributed by atoms with Crippen LogP contribution in [0.2, 0.25) is 0 Å². The summed E-state index contributed by atoms with van der Waals surface area (Å²) in [5.74, 6) is 0. The fourth-order valence-electron chi connectivity index (χ4n) is 4.51. The molecule has 2 rings (SSSR count). The van der Waals surface area contributed by atoms with Gasteiger partial charge in [-0.15, -0.1) is 0 Å². The van der Waals surface area contributed by atoms with Crippen LogP contribution in [0.25, 0.3) is 10.8 Å². The summed E-state index contributed by atoms with van der Waals surface area (Å²) >= 11 is 0. The highest BCUT2D eigenvalue weighted by Gasteiger charge is 1.96. The Balaban J connectivity index is 1.33. The van der Waals surface area contributed by atoms with Crippen molar-refractivity contribution in [3.63, 3.8) is 0 Å². The van der Waals surface area contributed by atoms with Crippen molar-refractivity contribution in [2.45, 2.75) is 122 Å². The second-order valence-electron chi connectivity index (χ2n) is 9.43. The molecule has 0 heteroatoms. The van der Waals surface area contributed by atoms with Crippen LogP contribution in [0.1, 0.15) is 122 Å². The third-order valence-corrected chi connectivity index (χ3v) is 6.55. The Morgan fingerprint density at radius 3 is 1.65 bits per heavy atom. The van der Waals surface area contributed by atoms with E-state index in [1.54, 1.807) is 0 Å². The summed E-state index contributed by atoms with van der Waals surface area (Å²) in [4.78, 5) is 0. The third-order valence-electron chi connectivity index (χ3n) is 6.55. The standard InChI is InChI=1S/C31H48/c1-2-3-4-5-6-7-8-9-10-11-12-13-14-15-16-17-18-19-20-23-29-26-27-30-24-21-22-25-31(30)28-29/h18-19,21-22,24-28H,2-17,20,23H2,1H3/b19-18+. The van der Waals surface area contributed by atoms with E-state index in [4.69, 9.17) is 0 Å². The molecular weight excluding hydrogens is 372 g/mol. The van der Waals surface area contributed by atoms with Gasteiger partial charge in [-0.25, -0.2) is 0 Å². The number of hydrogen-bond acceptors (Lipinski definition) is 0. The van der Waals surface area contributed by atoms with Gasteiger partial charge in [0.15, 0.2) is 0 Å². The normalized spacial score (nSPS) is 11.6. The van der Waals surface area contributed by atoms with Crippen molar-refractivity contribution in [2.24, 2.45) is 0 Å². The molecule has 0 radical (unpaired) electrons. The number of aryl methyl sites for hydroxylation is 1. The smallest absolute Gasteiger partial charge is 0.0181 e. The summed E-state index contributed by atoms with van der Waals surface area (Å²) in [5, 5.41) is 2.71. The van der Waals surface area contributed by atoms with Gasteiger partial charge < -0.3 is 0 Å². The minimum Gasteiger partial charge on any atom is -0.0885 e. The van der Waals surface area contributed by atoms with Gasteiger partial charge in [0.2, 0.25) is 0 Å². The van der Waals surface area contributed by atoms with Crippen LogP contribution in [0.5, 0.6) is 0 Å². The molecule has 31 heavy (non-hydrogen) atoms. The molecule has 0 aliphatic carbocycles. The van der Waals surface area contributed by atoms with Crippen molar-refractivity contribution < 1.29 is 0 Å². The van der Waals surface area contributed by atoms with Crippen molar-refractivity contribution in [3.8, 4) is 0 Å². The maximum atomic E-state index is 2.41. The SMILES string of the molecule is CCCCCCCCCCCCCCCCC/C=C/CCc1ccc2ccccc2c1. The predicted octanol–water partition coefficient (Wildman–Crippen LogP) is 10.6.